The van der Waals surface area contributed by atoms with Crippen molar-refractivity contribution in [1.29, 1.82) is 0 Å². The summed E-state index contributed by atoms with van der Waals surface area (Å²) >= 11 is 0. The van der Waals surface area contributed by atoms with Gasteiger partial charge in [0.2, 0.25) is 0 Å². The van der Waals surface area contributed by atoms with Crippen LogP contribution in [0.5, 0.6) is 11.5 Å². The van der Waals surface area contributed by atoms with Gasteiger partial charge in [0.05, 0.1) is 12.7 Å². The molecule has 42 heavy (non-hydrogen) atoms. The van der Waals surface area contributed by atoms with Crippen molar-refractivity contribution in [2.24, 2.45) is 0 Å². The maximum absolute atomic E-state index is 13.7. The molecule has 0 aliphatic carbocycles. The molecule has 4 aromatic carbocycles. The fraction of sp³-hybridized carbons (Fsp3) is 0.188. The van der Waals surface area contributed by atoms with Gasteiger partial charge in [0.1, 0.15) is 11.5 Å². The van der Waals surface area contributed by atoms with E-state index in [-0.39, 0.29) is 22.8 Å². The van der Waals surface area contributed by atoms with Gasteiger partial charge in [-0.05, 0) is 90.0 Å². The summed E-state index contributed by atoms with van der Waals surface area (Å²) < 4.78 is 46.2. The predicted octanol–water partition coefficient (Wildman–Crippen LogP) is 6.30. The molecular formula is C32H28F3N3O4. The number of alkyl halides is 3. The number of methoxy groups -OCH3 is 1. The van der Waals surface area contributed by atoms with E-state index >= 15 is 0 Å². The van der Waals surface area contributed by atoms with Crippen molar-refractivity contribution in [1.82, 2.24) is 4.90 Å². The van der Waals surface area contributed by atoms with Crippen LogP contribution in [0.25, 0.3) is 11.1 Å². The minimum absolute atomic E-state index is 0.0659. The first-order valence-corrected chi connectivity index (χ1v) is 13.2. The summed E-state index contributed by atoms with van der Waals surface area (Å²) in [6.45, 7) is 1.58. The average molecular weight is 576 g/mol. The van der Waals surface area contributed by atoms with Crippen molar-refractivity contribution >= 4 is 23.2 Å². The maximum atomic E-state index is 13.7. The highest BCUT2D eigenvalue weighted by molar-refractivity contribution is 6.04. The summed E-state index contributed by atoms with van der Waals surface area (Å²) in [5, 5.41) is 12.6. The number of benzene rings is 4. The van der Waals surface area contributed by atoms with Crippen LogP contribution in [-0.2, 0) is 6.18 Å². The summed E-state index contributed by atoms with van der Waals surface area (Å²) in [5.41, 5.74) is 1.56. The molecule has 7 nitrogen and oxygen atoms in total. The van der Waals surface area contributed by atoms with Crippen molar-refractivity contribution < 1.29 is 32.6 Å². The number of rotatable bonds is 6. The van der Waals surface area contributed by atoms with E-state index in [0.29, 0.717) is 48.7 Å². The Morgan fingerprint density at radius 3 is 2.12 bits per heavy atom. The normalized spacial score (nSPS) is 13.5. The van der Waals surface area contributed by atoms with E-state index in [0.717, 1.165) is 17.8 Å². The summed E-state index contributed by atoms with van der Waals surface area (Å²) in [4.78, 5) is 29.6. The van der Waals surface area contributed by atoms with Crippen LogP contribution in [-0.4, -0.2) is 55.1 Å². The van der Waals surface area contributed by atoms with Crippen LogP contribution in [0.3, 0.4) is 0 Å². The van der Waals surface area contributed by atoms with E-state index in [1.54, 1.807) is 49.6 Å². The van der Waals surface area contributed by atoms with Crippen LogP contribution in [0.2, 0.25) is 0 Å². The summed E-state index contributed by atoms with van der Waals surface area (Å²) in [7, 11) is 1.57. The van der Waals surface area contributed by atoms with Crippen molar-refractivity contribution in [3.8, 4) is 22.6 Å². The molecule has 10 heteroatoms. The molecule has 0 aromatic heterocycles. The number of hydrogen-bond acceptors (Lipinski definition) is 5. The third-order valence-corrected chi connectivity index (χ3v) is 7.10. The van der Waals surface area contributed by atoms with Crippen LogP contribution < -0.4 is 15.0 Å². The first kappa shape index (κ1) is 28.5. The zero-order valence-corrected chi connectivity index (χ0v) is 22.7. The lowest BCUT2D eigenvalue weighted by atomic mass is 9.98. The van der Waals surface area contributed by atoms with Crippen LogP contribution in [0.4, 0.5) is 24.5 Å². The quantitative estimate of drug-likeness (QED) is 0.282. The number of nitrogens with one attached hydrogen (secondary N) is 1. The number of ether oxygens (including phenoxy) is 1. The van der Waals surface area contributed by atoms with Gasteiger partial charge in [-0.2, -0.15) is 13.2 Å². The molecule has 1 aliphatic heterocycles. The molecule has 0 spiro atoms. The average Bonchev–Trinajstić information content (AvgIpc) is 3.00. The molecule has 2 amide bonds. The number of piperazine rings is 1. The number of amides is 2. The Balaban J connectivity index is 1.24. The molecule has 0 bridgehead atoms. The molecule has 0 unspecified atom stereocenters. The van der Waals surface area contributed by atoms with Crippen LogP contribution in [0.1, 0.15) is 26.3 Å². The summed E-state index contributed by atoms with van der Waals surface area (Å²) in [5.74, 6) is -0.145. The first-order chi connectivity index (χ1) is 20.1. The standard InChI is InChI=1S/C32H28F3N3O4/c1-42-29-11-7-26(8-12-29)36-30(40)21-5-9-27(10-6-21)37-13-15-38(16-14-37)31(41)24-17-23(18-25(19-24)32(33,34)35)22-3-2-4-28(39)20-22/h2-12,17-20,39H,13-16H2,1H3,(H,36,40). The van der Waals surface area contributed by atoms with Crippen molar-refractivity contribution in [3.05, 3.63) is 108 Å². The predicted molar refractivity (Wildman–Crippen MR) is 154 cm³/mol. The minimum atomic E-state index is -4.64. The molecule has 1 heterocycles. The topological polar surface area (TPSA) is 82.1 Å². The fourth-order valence-corrected chi connectivity index (χ4v) is 4.82. The number of phenols is 1. The van der Waals surface area contributed by atoms with Gasteiger partial charge in [0.25, 0.3) is 11.8 Å². The SMILES string of the molecule is COc1ccc(NC(=O)c2ccc(N3CCN(C(=O)c4cc(-c5cccc(O)c5)cc(C(F)(F)F)c4)CC3)cc2)cc1. The number of anilines is 2. The molecule has 0 radical (unpaired) electrons. The van der Waals surface area contributed by atoms with E-state index in [1.807, 2.05) is 12.1 Å². The molecule has 216 valence electrons. The Bertz CT molecular complexity index is 1580. The molecule has 0 atom stereocenters. The molecule has 0 saturated carbocycles. The van der Waals surface area contributed by atoms with E-state index in [2.05, 4.69) is 10.2 Å². The molecule has 5 rings (SSSR count). The Morgan fingerprint density at radius 2 is 1.50 bits per heavy atom. The minimum Gasteiger partial charge on any atom is -0.508 e. The highest BCUT2D eigenvalue weighted by Crippen LogP contribution is 2.34. The molecule has 1 aliphatic rings. The molecule has 1 saturated heterocycles. The number of nitrogens with zero attached hydrogens (tertiary/aromatic N) is 2. The number of aromatic hydroxyl groups is 1. The van der Waals surface area contributed by atoms with Gasteiger partial charge >= 0.3 is 6.18 Å². The van der Waals surface area contributed by atoms with E-state index in [9.17, 15) is 27.9 Å². The summed E-state index contributed by atoms with van der Waals surface area (Å²) in [6, 6.07) is 23.3. The van der Waals surface area contributed by atoms with Gasteiger partial charge in [-0.3, -0.25) is 9.59 Å². The second-order valence-corrected chi connectivity index (χ2v) is 9.86. The number of halogens is 3. The third kappa shape index (κ3) is 6.49. The zero-order chi connectivity index (χ0) is 29.9. The molecular weight excluding hydrogens is 547 g/mol. The lowest BCUT2D eigenvalue weighted by molar-refractivity contribution is -0.137. The van der Waals surface area contributed by atoms with E-state index < -0.39 is 17.6 Å². The number of carbonyl (C=O) groups is 2. The van der Waals surface area contributed by atoms with Gasteiger partial charge in [0.15, 0.2) is 0 Å². The lowest BCUT2D eigenvalue weighted by Gasteiger charge is -2.36. The second kappa shape index (κ2) is 11.9. The zero-order valence-electron chi connectivity index (χ0n) is 22.7. The highest BCUT2D eigenvalue weighted by Gasteiger charge is 2.33. The summed E-state index contributed by atoms with van der Waals surface area (Å²) in [6.07, 6.45) is -4.64. The van der Waals surface area contributed by atoms with Crippen molar-refractivity contribution in [3.63, 3.8) is 0 Å². The number of carbonyl (C=O) groups excluding carboxylic acids is 2. The number of phenolic OH excluding ortho intramolecular Hbond substituents is 1. The number of hydrogen-bond donors (Lipinski definition) is 2. The van der Waals surface area contributed by atoms with Crippen molar-refractivity contribution in [2.75, 3.05) is 43.5 Å². The Kier molecular flexibility index (Phi) is 8.06. The van der Waals surface area contributed by atoms with Crippen molar-refractivity contribution in [2.45, 2.75) is 6.18 Å². The highest BCUT2D eigenvalue weighted by atomic mass is 19.4. The maximum Gasteiger partial charge on any atom is 0.416 e. The fourth-order valence-electron chi connectivity index (χ4n) is 4.82. The lowest BCUT2D eigenvalue weighted by Crippen LogP contribution is -2.48. The second-order valence-electron chi connectivity index (χ2n) is 9.86. The molecule has 1 fully saturated rings. The van der Waals surface area contributed by atoms with E-state index in [4.69, 9.17) is 4.74 Å². The third-order valence-electron chi connectivity index (χ3n) is 7.10. The van der Waals surface area contributed by atoms with Gasteiger partial charge in [-0.1, -0.05) is 12.1 Å². The Labute approximate surface area is 240 Å². The first-order valence-electron chi connectivity index (χ1n) is 13.2. The van der Waals surface area contributed by atoms with E-state index in [1.165, 1.54) is 29.2 Å². The van der Waals surface area contributed by atoms with Gasteiger partial charge < -0.3 is 25.0 Å². The van der Waals surface area contributed by atoms with Gasteiger partial charge in [0, 0.05) is 48.7 Å². The largest absolute Gasteiger partial charge is 0.508 e. The smallest absolute Gasteiger partial charge is 0.416 e. The van der Waals surface area contributed by atoms with Crippen LogP contribution in [0, 0.1) is 0 Å². The Hall–Kier alpha value is -4.99. The molecule has 2 N–H and O–H groups in total. The monoisotopic (exact) mass is 575 g/mol. The van der Waals surface area contributed by atoms with Crippen LogP contribution in [0.15, 0.2) is 91.0 Å². The Morgan fingerprint density at radius 1 is 0.810 bits per heavy atom. The van der Waals surface area contributed by atoms with Gasteiger partial charge in [-0.25, -0.2) is 0 Å². The van der Waals surface area contributed by atoms with Gasteiger partial charge in [-0.15, -0.1) is 0 Å². The van der Waals surface area contributed by atoms with Crippen LogP contribution >= 0.6 is 0 Å². The molecule has 4 aromatic rings.